The van der Waals surface area contributed by atoms with Crippen molar-refractivity contribution in [3.05, 3.63) is 34.9 Å². The van der Waals surface area contributed by atoms with Gasteiger partial charge in [-0.25, -0.2) is 0 Å². The first-order valence-corrected chi connectivity index (χ1v) is 6.61. The first kappa shape index (κ1) is 15.3. The van der Waals surface area contributed by atoms with Gasteiger partial charge in [-0.15, -0.1) is 0 Å². The van der Waals surface area contributed by atoms with Gasteiger partial charge in [0.2, 0.25) is 5.91 Å². The molecule has 1 rings (SSSR count). The summed E-state index contributed by atoms with van der Waals surface area (Å²) in [5.74, 6) is 0.792. The predicted molar refractivity (Wildman–Crippen MR) is 79.4 cm³/mol. The average molecular weight is 261 g/mol. The van der Waals surface area contributed by atoms with Crippen molar-refractivity contribution < 1.29 is 9.53 Å². The van der Waals surface area contributed by atoms with Crippen molar-refractivity contribution in [2.24, 2.45) is 0 Å². The standard InChI is InChI=1S/C16H23NO2/c1-6-13(4)17-16(18)8-7-15-11(2)9-14(19-5)10-12(15)3/h7-10,13H,6H2,1-5H3,(H,17,18)/b8-7+. The van der Waals surface area contributed by atoms with Crippen LogP contribution in [0.2, 0.25) is 0 Å². The highest BCUT2D eigenvalue weighted by Gasteiger charge is 2.05. The summed E-state index contributed by atoms with van der Waals surface area (Å²) >= 11 is 0. The van der Waals surface area contributed by atoms with Crippen molar-refractivity contribution in [2.45, 2.75) is 40.2 Å². The van der Waals surface area contributed by atoms with Gasteiger partial charge in [0.05, 0.1) is 7.11 Å². The quantitative estimate of drug-likeness (QED) is 0.826. The number of amides is 1. The predicted octanol–water partition coefficient (Wildman–Crippen LogP) is 3.24. The highest BCUT2D eigenvalue weighted by Crippen LogP contribution is 2.22. The largest absolute Gasteiger partial charge is 0.497 e. The minimum Gasteiger partial charge on any atom is -0.497 e. The molecular formula is C16H23NO2. The van der Waals surface area contributed by atoms with Crippen LogP contribution in [0.5, 0.6) is 5.75 Å². The Bertz CT molecular complexity index is 455. The summed E-state index contributed by atoms with van der Waals surface area (Å²) in [7, 11) is 1.66. The molecule has 1 aromatic carbocycles. The Morgan fingerprint density at radius 2 is 1.95 bits per heavy atom. The minimum absolute atomic E-state index is 0.0519. The molecule has 0 aliphatic rings. The maximum atomic E-state index is 11.7. The van der Waals surface area contributed by atoms with E-state index >= 15 is 0 Å². The van der Waals surface area contributed by atoms with Gasteiger partial charge in [0, 0.05) is 12.1 Å². The Morgan fingerprint density at radius 1 is 1.37 bits per heavy atom. The molecule has 0 heterocycles. The molecular weight excluding hydrogens is 238 g/mol. The van der Waals surface area contributed by atoms with E-state index in [-0.39, 0.29) is 11.9 Å². The summed E-state index contributed by atoms with van der Waals surface area (Å²) in [5.41, 5.74) is 3.27. The molecule has 0 saturated carbocycles. The van der Waals surface area contributed by atoms with E-state index in [2.05, 4.69) is 5.32 Å². The highest BCUT2D eigenvalue weighted by molar-refractivity contribution is 5.92. The van der Waals surface area contributed by atoms with Gasteiger partial charge in [0.1, 0.15) is 5.75 Å². The van der Waals surface area contributed by atoms with Crippen LogP contribution in [-0.4, -0.2) is 19.1 Å². The molecule has 1 aromatic rings. The maximum absolute atomic E-state index is 11.7. The molecule has 0 aliphatic carbocycles. The molecule has 0 spiro atoms. The number of methoxy groups -OCH3 is 1. The van der Waals surface area contributed by atoms with E-state index in [1.807, 2.05) is 45.9 Å². The number of hydrogen-bond donors (Lipinski definition) is 1. The smallest absolute Gasteiger partial charge is 0.244 e. The van der Waals surface area contributed by atoms with Crippen LogP contribution in [0.4, 0.5) is 0 Å². The number of hydrogen-bond acceptors (Lipinski definition) is 2. The number of nitrogens with one attached hydrogen (secondary N) is 1. The molecule has 0 aromatic heterocycles. The van der Waals surface area contributed by atoms with Crippen LogP contribution < -0.4 is 10.1 Å². The average Bonchev–Trinajstić information content (AvgIpc) is 2.37. The summed E-state index contributed by atoms with van der Waals surface area (Å²) in [4.78, 5) is 11.7. The Labute approximate surface area is 115 Å². The highest BCUT2D eigenvalue weighted by atomic mass is 16.5. The van der Waals surface area contributed by atoms with Crippen LogP contribution in [-0.2, 0) is 4.79 Å². The molecule has 0 saturated heterocycles. The molecule has 1 unspecified atom stereocenters. The molecule has 0 radical (unpaired) electrons. The Kier molecular flexibility index (Phi) is 5.61. The lowest BCUT2D eigenvalue weighted by Crippen LogP contribution is -2.30. The number of carbonyl (C=O) groups excluding carboxylic acids is 1. The monoisotopic (exact) mass is 261 g/mol. The van der Waals surface area contributed by atoms with Gasteiger partial charge in [-0.1, -0.05) is 6.92 Å². The summed E-state index contributed by atoms with van der Waals surface area (Å²) in [5, 5.41) is 2.91. The fourth-order valence-electron chi connectivity index (χ4n) is 1.87. The number of aryl methyl sites for hydroxylation is 2. The van der Waals surface area contributed by atoms with Crippen LogP contribution >= 0.6 is 0 Å². The van der Waals surface area contributed by atoms with E-state index in [1.165, 1.54) is 0 Å². The minimum atomic E-state index is -0.0519. The maximum Gasteiger partial charge on any atom is 0.244 e. The Hall–Kier alpha value is -1.77. The second kappa shape index (κ2) is 6.98. The SMILES string of the molecule is CCC(C)NC(=O)/C=C/c1c(C)cc(OC)cc1C. The fraction of sp³-hybridized carbons (Fsp3) is 0.438. The number of rotatable bonds is 5. The van der Waals surface area contributed by atoms with E-state index < -0.39 is 0 Å². The van der Waals surface area contributed by atoms with Gasteiger partial charge < -0.3 is 10.1 Å². The van der Waals surface area contributed by atoms with Gasteiger partial charge in [0.25, 0.3) is 0 Å². The zero-order valence-corrected chi connectivity index (χ0v) is 12.4. The second-order valence-corrected chi connectivity index (χ2v) is 4.83. The third-order valence-corrected chi connectivity index (χ3v) is 3.21. The van der Waals surface area contributed by atoms with E-state index in [0.29, 0.717) is 0 Å². The van der Waals surface area contributed by atoms with Crippen molar-refractivity contribution in [2.75, 3.05) is 7.11 Å². The fourth-order valence-corrected chi connectivity index (χ4v) is 1.87. The van der Waals surface area contributed by atoms with Crippen LogP contribution in [0.3, 0.4) is 0 Å². The first-order chi connectivity index (χ1) is 8.97. The van der Waals surface area contributed by atoms with Crippen LogP contribution in [0.1, 0.15) is 37.0 Å². The molecule has 0 bridgehead atoms. The van der Waals surface area contributed by atoms with Crippen molar-refractivity contribution >= 4 is 12.0 Å². The zero-order chi connectivity index (χ0) is 14.4. The Morgan fingerprint density at radius 3 is 2.42 bits per heavy atom. The first-order valence-electron chi connectivity index (χ1n) is 6.61. The third-order valence-electron chi connectivity index (χ3n) is 3.21. The van der Waals surface area contributed by atoms with Gasteiger partial charge in [-0.05, 0) is 62.1 Å². The molecule has 3 nitrogen and oxygen atoms in total. The summed E-state index contributed by atoms with van der Waals surface area (Å²) in [6.45, 7) is 8.07. The van der Waals surface area contributed by atoms with Crippen molar-refractivity contribution in [1.29, 1.82) is 0 Å². The molecule has 1 N–H and O–H groups in total. The normalized spacial score (nSPS) is 12.5. The van der Waals surface area contributed by atoms with Gasteiger partial charge in [-0.2, -0.15) is 0 Å². The van der Waals surface area contributed by atoms with E-state index in [0.717, 1.165) is 28.9 Å². The Balaban J connectivity index is 2.85. The molecule has 0 aliphatic heterocycles. The zero-order valence-electron chi connectivity index (χ0n) is 12.4. The van der Waals surface area contributed by atoms with E-state index in [4.69, 9.17) is 4.74 Å². The summed E-state index contributed by atoms with van der Waals surface area (Å²) < 4.78 is 5.22. The lowest BCUT2D eigenvalue weighted by Gasteiger charge is -2.10. The molecule has 104 valence electrons. The van der Waals surface area contributed by atoms with Crippen molar-refractivity contribution in [3.63, 3.8) is 0 Å². The molecule has 1 amide bonds. The second-order valence-electron chi connectivity index (χ2n) is 4.83. The van der Waals surface area contributed by atoms with Gasteiger partial charge in [0.15, 0.2) is 0 Å². The third kappa shape index (κ3) is 4.43. The van der Waals surface area contributed by atoms with E-state index in [1.54, 1.807) is 13.2 Å². The van der Waals surface area contributed by atoms with Crippen molar-refractivity contribution in [1.82, 2.24) is 5.32 Å². The molecule has 1 atom stereocenters. The number of carbonyl (C=O) groups is 1. The van der Waals surface area contributed by atoms with Crippen LogP contribution in [0.15, 0.2) is 18.2 Å². The number of ether oxygens (including phenoxy) is 1. The lowest BCUT2D eigenvalue weighted by atomic mass is 10.0. The van der Waals surface area contributed by atoms with Crippen molar-refractivity contribution in [3.8, 4) is 5.75 Å². The topological polar surface area (TPSA) is 38.3 Å². The van der Waals surface area contributed by atoms with Crippen LogP contribution in [0, 0.1) is 13.8 Å². The summed E-state index contributed by atoms with van der Waals surface area (Å²) in [6.07, 6.45) is 4.38. The number of benzene rings is 1. The summed E-state index contributed by atoms with van der Waals surface area (Å²) in [6, 6.07) is 4.15. The lowest BCUT2D eigenvalue weighted by molar-refractivity contribution is -0.117. The molecule has 3 heteroatoms. The van der Waals surface area contributed by atoms with E-state index in [9.17, 15) is 4.79 Å². The molecule has 0 fully saturated rings. The molecule has 19 heavy (non-hydrogen) atoms. The van der Waals surface area contributed by atoms with Gasteiger partial charge in [-0.3, -0.25) is 4.79 Å². The van der Waals surface area contributed by atoms with Gasteiger partial charge >= 0.3 is 0 Å². The van der Waals surface area contributed by atoms with Crippen LogP contribution in [0.25, 0.3) is 6.08 Å².